The van der Waals surface area contributed by atoms with E-state index in [4.69, 9.17) is 11.6 Å². The molecule has 0 atom stereocenters. The van der Waals surface area contributed by atoms with Crippen LogP contribution in [0.15, 0.2) is 48.5 Å². The molecule has 3 nitrogen and oxygen atoms in total. The van der Waals surface area contributed by atoms with Crippen LogP contribution in [0.5, 0.6) is 0 Å². The van der Waals surface area contributed by atoms with Gasteiger partial charge in [0.15, 0.2) is 0 Å². The first-order chi connectivity index (χ1) is 11.0. The summed E-state index contributed by atoms with van der Waals surface area (Å²) in [5, 5.41) is 3.51. The summed E-state index contributed by atoms with van der Waals surface area (Å²) in [7, 11) is 1.88. The Balaban J connectivity index is 1.71. The quantitative estimate of drug-likeness (QED) is 0.843. The number of rotatable bonds is 7. The number of likely N-dealkylation sites (N-methyl/N-ethyl adjacent to an activating group) is 1. The zero-order valence-corrected chi connectivity index (χ0v) is 13.8. The fraction of sp³-hybridized carbons (Fsp3) is 0.278. The largest absolute Gasteiger partial charge is 0.355 e. The lowest BCUT2D eigenvalue weighted by Gasteiger charge is -2.16. The topological polar surface area (TPSA) is 32.3 Å². The Morgan fingerprint density at radius 1 is 1.17 bits per heavy atom. The van der Waals surface area contributed by atoms with Crippen molar-refractivity contribution in [3.63, 3.8) is 0 Å². The maximum absolute atomic E-state index is 13.5. The molecule has 0 spiro atoms. The van der Waals surface area contributed by atoms with Crippen molar-refractivity contribution in [1.29, 1.82) is 0 Å². The smallest absolute Gasteiger partial charge is 0.234 e. The molecule has 0 radical (unpaired) electrons. The molecule has 0 fully saturated rings. The van der Waals surface area contributed by atoms with E-state index in [0.717, 1.165) is 5.56 Å². The lowest BCUT2D eigenvalue weighted by Crippen LogP contribution is -2.35. The van der Waals surface area contributed by atoms with Crippen molar-refractivity contribution in [3.05, 3.63) is 70.5 Å². The van der Waals surface area contributed by atoms with Gasteiger partial charge >= 0.3 is 0 Å². The third-order valence-corrected chi connectivity index (χ3v) is 3.71. The highest BCUT2D eigenvalue weighted by atomic mass is 35.5. The van der Waals surface area contributed by atoms with Crippen LogP contribution in [0.1, 0.15) is 11.1 Å². The monoisotopic (exact) mass is 334 g/mol. The molecule has 0 aliphatic heterocycles. The highest BCUT2D eigenvalue weighted by Crippen LogP contribution is 2.10. The molecule has 0 aliphatic rings. The maximum Gasteiger partial charge on any atom is 0.234 e. The molecule has 1 amide bonds. The van der Waals surface area contributed by atoms with E-state index < -0.39 is 0 Å². The van der Waals surface area contributed by atoms with E-state index >= 15 is 0 Å². The average Bonchev–Trinajstić information content (AvgIpc) is 2.51. The van der Waals surface area contributed by atoms with Crippen LogP contribution in [0.2, 0.25) is 5.02 Å². The van der Waals surface area contributed by atoms with Gasteiger partial charge in [0.2, 0.25) is 5.91 Å². The van der Waals surface area contributed by atoms with Gasteiger partial charge in [-0.3, -0.25) is 9.69 Å². The van der Waals surface area contributed by atoms with Gasteiger partial charge in [-0.05, 0) is 42.8 Å². The van der Waals surface area contributed by atoms with E-state index in [1.54, 1.807) is 18.2 Å². The molecule has 0 saturated carbocycles. The summed E-state index contributed by atoms with van der Waals surface area (Å²) in [4.78, 5) is 13.8. The SMILES string of the molecule is CN(CC(=O)NCCc1ccccc1F)Cc1ccc(Cl)cc1. The zero-order chi connectivity index (χ0) is 16.7. The van der Waals surface area contributed by atoms with E-state index in [2.05, 4.69) is 5.32 Å². The van der Waals surface area contributed by atoms with E-state index in [1.807, 2.05) is 36.2 Å². The van der Waals surface area contributed by atoms with Crippen molar-refractivity contribution in [2.24, 2.45) is 0 Å². The molecule has 122 valence electrons. The van der Waals surface area contributed by atoms with Crippen LogP contribution in [-0.2, 0) is 17.8 Å². The van der Waals surface area contributed by atoms with Gasteiger partial charge in [0.1, 0.15) is 5.82 Å². The van der Waals surface area contributed by atoms with Crippen molar-refractivity contribution in [3.8, 4) is 0 Å². The second-order valence-corrected chi connectivity index (χ2v) is 5.93. The predicted molar refractivity (Wildman–Crippen MR) is 90.9 cm³/mol. The standard InChI is InChI=1S/C18H20ClFN2O/c1-22(12-14-6-8-16(19)9-7-14)13-18(23)21-11-10-15-4-2-3-5-17(15)20/h2-9H,10-13H2,1H3,(H,21,23). The summed E-state index contributed by atoms with van der Waals surface area (Å²) in [5.41, 5.74) is 1.71. The van der Waals surface area contributed by atoms with Crippen LogP contribution in [-0.4, -0.2) is 30.9 Å². The molecule has 0 unspecified atom stereocenters. The maximum atomic E-state index is 13.5. The summed E-state index contributed by atoms with van der Waals surface area (Å²) >= 11 is 5.85. The normalized spacial score (nSPS) is 10.8. The summed E-state index contributed by atoms with van der Waals surface area (Å²) in [6.07, 6.45) is 0.485. The third kappa shape index (κ3) is 6.00. The van der Waals surface area contributed by atoms with E-state index in [-0.39, 0.29) is 11.7 Å². The molecule has 2 aromatic carbocycles. The van der Waals surface area contributed by atoms with Gasteiger partial charge in [-0.15, -0.1) is 0 Å². The first kappa shape index (κ1) is 17.4. The Bertz CT molecular complexity index is 646. The fourth-order valence-electron chi connectivity index (χ4n) is 2.30. The molecule has 1 N–H and O–H groups in total. The number of benzene rings is 2. The van der Waals surface area contributed by atoms with Crippen molar-refractivity contribution >= 4 is 17.5 Å². The third-order valence-electron chi connectivity index (χ3n) is 3.45. The average molecular weight is 335 g/mol. The molecule has 0 bridgehead atoms. The Hall–Kier alpha value is -1.91. The van der Waals surface area contributed by atoms with E-state index in [1.165, 1.54) is 6.07 Å². The van der Waals surface area contributed by atoms with Gasteiger partial charge in [-0.25, -0.2) is 4.39 Å². The first-order valence-corrected chi connectivity index (χ1v) is 7.85. The molecule has 0 heterocycles. The molecule has 23 heavy (non-hydrogen) atoms. The van der Waals surface area contributed by atoms with Crippen molar-refractivity contribution in [1.82, 2.24) is 10.2 Å². The number of hydrogen-bond donors (Lipinski definition) is 1. The number of carbonyl (C=O) groups excluding carboxylic acids is 1. The minimum atomic E-state index is -0.235. The summed E-state index contributed by atoms with van der Waals surface area (Å²) in [6, 6.07) is 14.1. The molecule has 2 aromatic rings. The lowest BCUT2D eigenvalue weighted by atomic mass is 10.1. The Kier molecular flexibility index (Phi) is 6.56. The minimum absolute atomic E-state index is 0.0715. The van der Waals surface area contributed by atoms with Gasteiger partial charge < -0.3 is 5.32 Å². The number of halogens is 2. The van der Waals surface area contributed by atoms with Crippen LogP contribution < -0.4 is 5.32 Å². The number of hydrogen-bond acceptors (Lipinski definition) is 2. The van der Waals surface area contributed by atoms with E-state index in [9.17, 15) is 9.18 Å². The molecule has 5 heteroatoms. The molecule has 0 aliphatic carbocycles. The van der Waals surface area contributed by atoms with Gasteiger partial charge in [-0.2, -0.15) is 0 Å². The van der Waals surface area contributed by atoms with E-state index in [0.29, 0.717) is 36.6 Å². The predicted octanol–water partition coefficient (Wildman–Crippen LogP) is 3.27. The number of amides is 1. The minimum Gasteiger partial charge on any atom is -0.355 e. The Labute approximate surface area is 141 Å². The summed E-state index contributed by atoms with van der Waals surface area (Å²) < 4.78 is 13.5. The lowest BCUT2D eigenvalue weighted by molar-refractivity contribution is -0.122. The molecular formula is C18H20ClFN2O. The number of nitrogens with one attached hydrogen (secondary N) is 1. The van der Waals surface area contributed by atoms with Crippen molar-refractivity contribution in [2.75, 3.05) is 20.1 Å². The number of nitrogens with zero attached hydrogens (tertiary/aromatic N) is 1. The second-order valence-electron chi connectivity index (χ2n) is 5.49. The summed E-state index contributed by atoms with van der Waals surface area (Å²) in [5.74, 6) is -0.306. The van der Waals surface area contributed by atoms with Gasteiger partial charge in [0.25, 0.3) is 0 Å². The Morgan fingerprint density at radius 3 is 2.57 bits per heavy atom. The molecule has 0 saturated heterocycles. The van der Waals surface area contributed by atoms with Gasteiger partial charge in [0, 0.05) is 18.1 Å². The van der Waals surface area contributed by atoms with Crippen molar-refractivity contribution in [2.45, 2.75) is 13.0 Å². The van der Waals surface area contributed by atoms with Crippen LogP contribution >= 0.6 is 11.6 Å². The van der Waals surface area contributed by atoms with Gasteiger partial charge in [-0.1, -0.05) is 41.9 Å². The molecule has 2 rings (SSSR count). The Morgan fingerprint density at radius 2 is 1.87 bits per heavy atom. The van der Waals surface area contributed by atoms with Crippen LogP contribution in [0.4, 0.5) is 4.39 Å². The molecule has 0 aromatic heterocycles. The first-order valence-electron chi connectivity index (χ1n) is 7.47. The van der Waals surface area contributed by atoms with Gasteiger partial charge in [0.05, 0.1) is 6.54 Å². The van der Waals surface area contributed by atoms with Crippen LogP contribution in [0, 0.1) is 5.82 Å². The van der Waals surface area contributed by atoms with Crippen molar-refractivity contribution < 1.29 is 9.18 Å². The summed E-state index contributed by atoms with van der Waals surface area (Å²) in [6.45, 7) is 1.38. The van der Waals surface area contributed by atoms with Crippen LogP contribution in [0.3, 0.4) is 0 Å². The molecular weight excluding hydrogens is 315 g/mol. The number of carbonyl (C=O) groups is 1. The highest BCUT2D eigenvalue weighted by Gasteiger charge is 2.07. The fourth-order valence-corrected chi connectivity index (χ4v) is 2.42. The zero-order valence-electron chi connectivity index (χ0n) is 13.1. The highest BCUT2D eigenvalue weighted by molar-refractivity contribution is 6.30. The van der Waals surface area contributed by atoms with Crippen LogP contribution in [0.25, 0.3) is 0 Å². The second kappa shape index (κ2) is 8.65.